The molecule has 1 aromatic rings. The lowest BCUT2D eigenvalue weighted by molar-refractivity contribution is -0.121. The zero-order valence-electron chi connectivity index (χ0n) is 14.1. The van der Waals surface area contributed by atoms with Gasteiger partial charge in [-0.05, 0) is 64.1 Å². The van der Waals surface area contributed by atoms with Crippen LogP contribution >= 0.6 is 0 Å². The normalized spacial score (nSPS) is 21.5. The van der Waals surface area contributed by atoms with E-state index in [-0.39, 0.29) is 11.8 Å². The summed E-state index contributed by atoms with van der Waals surface area (Å²) in [5.41, 5.74) is 1.94. The smallest absolute Gasteiger partial charge is 0.227 e. The standard InChI is InChI=1S/C18H28N4O/c1-13(14-11-19-12-14)18(23)21-17-6-4-3-5-16(17)20-15-7-9-22(2)10-8-15/h3-6,13-15,19-20H,7-12H2,1-2H3,(H,21,23). The third kappa shape index (κ3) is 4.03. The number of hydrogen-bond donors (Lipinski definition) is 3. The van der Waals surface area contributed by atoms with Crippen molar-refractivity contribution < 1.29 is 4.79 Å². The first kappa shape index (κ1) is 16.3. The predicted octanol–water partition coefficient (Wildman–Crippen LogP) is 1.99. The highest BCUT2D eigenvalue weighted by Crippen LogP contribution is 2.26. The molecule has 23 heavy (non-hydrogen) atoms. The Morgan fingerprint density at radius 1 is 1.22 bits per heavy atom. The monoisotopic (exact) mass is 316 g/mol. The second-order valence-electron chi connectivity index (χ2n) is 6.96. The topological polar surface area (TPSA) is 56.4 Å². The number of nitrogens with one attached hydrogen (secondary N) is 3. The van der Waals surface area contributed by atoms with Gasteiger partial charge in [-0.1, -0.05) is 19.1 Å². The minimum absolute atomic E-state index is 0.0487. The Kier molecular flexibility index (Phi) is 5.18. The zero-order chi connectivity index (χ0) is 16.2. The number of carbonyl (C=O) groups is 1. The number of nitrogens with zero attached hydrogens (tertiary/aromatic N) is 1. The summed E-state index contributed by atoms with van der Waals surface area (Å²) in [7, 11) is 2.17. The van der Waals surface area contributed by atoms with Crippen LogP contribution in [0.1, 0.15) is 19.8 Å². The Morgan fingerprint density at radius 3 is 2.48 bits per heavy atom. The molecule has 1 amide bonds. The molecule has 5 nitrogen and oxygen atoms in total. The van der Waals surface area contributed by atoms with Gasteiger partial charge >= 0.3 is 0 Å². The van der Waals surface area contributed by atoms with E-state index in [0.717, 1.165) is 50.4 Å². The molecule has 2 saturated heterocycles. The molecule has 0 radical (unpaired) electrons. The number of rotatable bonds is 5. The van der Waals surface area contributed by atoms with Crippen molar-refractivity contribution in [1.82, 2.24) is 10.2 Å². The van der Waals surface area contributed by atoms with Crippen molar-refractivity contribution in [1.29, 1.82) is 0 Å². The molecule has 0 bridgehead atoms. The summed E-state index contributed by atoms with van der Waals surface area (Å²) in [6.45, 7) is 6.16. The van der Waals surface area contributed by atoms with E-state index in [1.54, 1.807) is 0 Å². The van der Waals surface area contributed by atoms with Crippen LogP contribution in [0.4, 0.5) is 11.4 Å². The van der Waals surface area contributed by atoms with Gasteiger partial charge in [0, 0.05) is 12.0 Å². The van der Waals surface area contributed by atoms with E-state index in [2.05, 4.69) is 34.0 Å². The van der Waals surface area contributed by atoms with Crippen molar-refractivity contribution in [3.05, 3.63) is 24.3 Å². The molecule has 1 atom stereocenters. The second-order valence-corrected chi connectivity index (χ2v) is 6.96. The molecule has 126 valence electrons. The molecule has 0 aromatic heterocycles. The van der Waals surface area contributed by atoms with Crippen molar-refractivity contribution in [3.63, 3.8) is 0 Å². The quantitative estimate of drug-likeness (QED) is 0.777. The lowest BCUT2D eigenvalue weighted by atomic mass is 9.88. The average Bonchev–Trinajstić information content (AvgIpc) is 2.49. The summed E-state index contributed by atoms with van der Waals surface area (Å²) >= 11 is 0. The van der Waals surface area contributed by atoms with E-state index in [1.165, 1.54) is 0 Å². The molecular weight excluding hydrogens is 288 g/mol. The maximum absolute atomic E-state index is 12.5. The molecule has 3 rings (SSSR count). The Balaban J connectivity index is 1.62. The number of hydrogen-bond acceptors (Lipinski definition) is 4. The van der Waals surface area contributed by atoms with Crippen molar-refractivity contribution in [2.24, 2.45) is 11.8 Å². The van der Waals surface area contributed by atoms with Gasteiger partial charge in [-0.3, -0.25) is 4.79 Å². The number of likely N-dealkylation sites (tertiary alicyclic amines) is 1. The first-order valence-corrected chi connectivity index (χ1v) is 8.69. The van der Waals surface area contributed by atoms with E-state index in [1.807, 2.05) is 25.1 Å². The van der Waals surface area contributed by atoms with E-state index < -0.39 is 0 Å². The SMILES string of the molecule is CC(C(=O)Nc1ccccc1NC1CCN(C)CC1)C1CNC1. The van der Waals surface area contributed by atoms with Crippen LogP contribution in [-0.4, -0.2) is 50.1 Å². The summed E-state index contributed by atoms with van der Waals surface area (Å²) in [5, 5.41) is 9.97. The number of para-hydroxylation sites is 2. The van der Waals surface area contributed by atoms with Crippen LogP contribution in [0.5, 0.6) is 0 Å². The second kappa shape index (κ2) is 7.32. The molecule has 0 spiro atoms. The van der Waals surface area contributed by atoms with Gasteiger partial charge in [0.05, 0.1) is 11.4 Å². The minimum Gasteiger partial charge on any atom is -0.381 e. The van der Waals surface area contributed by atoms with Gasteiger partial charge in [0.25, 0.3) is 0 Å². The van der Waals surface area contributed by atoms with Gasteiger partial charge in [-0.2, -0.15) is 0 Å². The number of piperidine rings is 1. The first-order chi connectivity index (χ1) is 11.1. The van der Waals surface area contributed by atoms with Gasteiger partial charge in [-0.15, -0.1) is 0 Å². The van der Waals surface area contributed by atoms with Gasteiger partial charge in [-0.25, -0.2) is 0 Å². The van der Waals surface area contributed by atoms with E-state index in [0.29, 0.717) is 12.0 Å². The number of anilines is 2. The summed E-state index contributed by atoms with van der Waals surface area (Å²) in [6, 6.07) is 8.53. The molecule has 2 aliphatic rings. The molecule has 2 fully saturated rings. The highest BCUT2D eigenvalue weighted by Gasteiger charge is 2.29. The molecule has 1 aromatic carbocycles. The van der Waals surface area contributed by atoms with Crippen LogP contribution in [-0.2, 0) is 4.79 Å². The molecule has 2 aliphatic heterocycles. The Hall–Kier alpha value is -1.59. The lowest BCUT2D eigenvalue weighted by Crippen LogP contribution is -2.48. The van der Waals surface area contributed by atoms with Crippen molar-refractivity contribution >= 4 is 17.3 Å². The lowest BCUT2D eigenvalue weighted by Gasteiger charge is -2.32. The van der Waals surface area contributed by atoms with E-state index in [9.17, 15) is 4.79 Å². The van der Waals surface area contributed by atoms with E-state index >= 15 is 0 Å². The summed E-state index contributed by atoms with van der Waals surface area (Å²) < 4.78 is 0. The van der Waals surface area contributed by atoms with Gasteiger partial charge in [0.1, 0.15) is 0 Å². The van der Waals surface area contributed by atoms with Gasteiger partial charge in [0.15, 0.2) is 0 Å². The van der Waals surface area contributed by atoms with Crippen LogP contribution in [0.2, 0.25) is 0 Å². The van der Waals surface area contributed by atoms with Gasteiger partial charge in [0.2, 0.25) is 5.91 Å². The Bertz CT molecular complexity index is 536. The number of benzene rings is 1. The highest BCUT2D eigenvalue weighted by atomic mass is 16.1. The van der Waals surface area contributed by atoms with Gasteiger partial charge < -0.3 is 20.9 Å². The molecular formula is C18H28N4O. The third-order valence-corrected chi connectivity index (χ3v) is 5.20. The maximum Gasteiger partial charge on any atom is 0.227 e. The largest absolute Gasteiger partial charge is 0.381 e. The summed E-state index contributed by atoms with van der Waals surface area (Å²) in [5.74, 6) is 0.630. The van der Waals surface area contributed by atoms with Crippen LogP contribution in [0.15, 0.2) is 24.3 Å². The van der Waals surface area contributed by atoms with Crippen molar-refractivity contribution in [2.45, 2.75) is 25.8 Å². The predicted molar refractivity (Wildman–Crippen MR) is 94.7 cm³/mol. The number of amides is 1. The minimum atomic E-state index is 0.0487. The third-order valence-electron chi connectivity index (χ3n) is 5.20. The summed E-state index contributed by atoms with van der Waals surface area (Å²) in [6.07, 6.45) is 2.28. The van der Waals surface area contributed by atoms with Crippen molar-refractivity contribution in [3.8, 4) is 0 Å². The average molecular weight is 316 g/mol. The Labute approximate surface area is 138 Å². The maximum atomic E-state index is 12.5. The Morgan fingerprint density at radius 2 is 1.87 bits per heavy atom. The molecule has 5 heteroatoms. The fourth-order valence-electron chi connectivity index (χ4n) is 3.22. The zero-order valence-corrected chi connectivity index (χ0v) is 14.1. The molecule has 2 heterocycles. The molecule has 0 aliphatic carbocycles. The van der Waals surface area contributed by atoms with Crippen LogP contribution in [0.3, 0.4) is 0 Å². The van der Waals surface area contributed by atoms with E-state index in [4.69, 9.17) is 0 Å². The van der Waals surface area contributed by atoms with Crippen molar-refractivity contribution in [2.75, 3.05) is 43.9 Å². The molecule has 3 N–H and O–H groups in total. The molecule has 1 unspecified atom stereocenters. The number of carbonyl (C=O) groups excluding carboxylic acids is 1. The van der Waals surface area contributed by atoms with Crippen LogP contribution in [0, 0.1) is 11.8 Å². The van der Waals surface area contributed by atoms with Crippen LogP contribution in [0.25, 0.3) is 0 Å². The first-order valence-electron chi connectivity index (χ1n) is 8.69. The molecule has 0 saturated carbocycles. The fourth-order valence-corrected chi connectivity index (χ4v) is 3.22. The fraction of sp³-hybridized carbons (Fsp3) is 0.611. The van der Waals surface area contributed by atoms with Crippen LogP contribution < -0.4 is 16.0 Å². The summed E-state index contributed by atoms with van der Waals surface area (Å²) in [4.78, 5) is 14.8. The highest BCUT2D eigenvalue weighted by molar-refractivity contribution is 5.95.